The highest BCUT2D eigenvalue weighted by atomic mass is 16.5. The molecule has 0 rings (SSSR count). The van der Waals surface area contributed by atoms with Crippen LogP contribution in [-0.2, 0) is 19.1 Å². The van der Waals surface area contributed by atoms with E-state index in [0.29, 0.717) is 0 Å². The van der Waals surface area contributed by atoms with E-state index >= 15 is 0 Å². The van der Waals surface area contributed by atoms with E-state index in [1.165, 1.54) is 6.92 Å². The zero-order valence-electron chi connectivity index (χ0n) is 11.3. The van der Waals surface area contributed by atoms with Crippen LogP contribution in [0.1, 0.15) is 13.8 Å². The summed E-state index contributed by atoms with van der Waals surface area (Å²) in [6.45, 7) is 5.05. The van der Waals surface area contributed by atoms with Crippen molar-refractivity contribution in [1.29, 1.82) is 0 Å². The molecule has 0 aliphatic carbocycles. The number of ether oxygens (including phenoxy) is 1. The molecule has 0 aromatic carbocycles. The van der Waals surface area contributed by atoms with E-state index in [4.69, 9.17) is 5.73 Å². The second kappa shape index (κ2) is 7.85. The number of hydrogen-bond donors (Lipinski definition) is 4. The van der Waals surface area contributed by atoms with Crippen LogP contribution in [0.3, 0.4) is 0 Å². The fraction of sp³-hybridized carbons (Fsp3) is 0.583. The standard InChI is InChI=1S/C12H19NO7/c1-5(2)12(19)20-4-7(15)10(17)11(18)8(13)9(16)6(3)14/h7-8,10-11,15,17-18H,1,4,13H2,2-3H3/t7-,8+,10+,11-/m1/s1. The molecule has 0 saturated carbocycles. The molecule has 0 aromatic rings. The summed E-state index contributed by atoms with van der Waals surface area (Å²) in [6.07, 6.45) is -5.39. The average molecular weight is 289 g/mol. The largest absolute Gasteiger partial charge is 0.459 e. The quantitative estimate of drug-likeness (QED) is 0.221. The van der Waals surface area contributed by atoms with Gasteiger partial charge in [-0.2, -0.15) is 0 Å². The molecule has 0 heterocycles. The SMILES string of the molecule is C=C(C)C(=O)OC[C@@H](O)[C@H](O)[C@H](O)[C@@H](N)C(=O)C(C)=O. The molecule has 0 aliphatic rings. The normalized spacial score (nSPS) is 16.7. The van der Waals surface area contributed by atoms with Gasteiger partial charge >= 0.3 is 5.97 Å². The number of carbonyl (C=O) groups excluding carboxylic acids is 3. The molecule has 0 fully saturated rings. The Morgan fingerprint density at radius 3 is 2.05 bits per heavy atom. The average Bonchev–Trinajstić information content (AvgIpc) is 2.40. The summed E-state index contributed by atoms with van der Waals surface area (Å²) in [5.41, 5.74) is 5.38. The second-order valence-electron chi connectivity index (χ2n) is 4.37. The number of carbonyl (C=O) groups is 3. The third kappa shape index (κ3) is 5.17. The number of ketones is 2. The van der Waals surface area contributed by atoms with E-state index in [2.05, 4.69) is 11.3 Å². The van der Waals surface area contributed by atoms with Gasteiger partial charge in [-0.05, 0) is 6.92 Å². The predicted molar refractivity (Wildman–Crippen MR) is 67.5 cm³/mol. The van der Waals surface area contributed by atoms with Gasteiger partial charge < -0.3 is 25.8 Å². The van der Waals surface area contributed by atoms with Crippen molar-refractivity contribution in [1.82, 2.24) is 0 Å². The van der Waals surface area contributed by atoms with E-state index in [0.717, 1.165) is 6.92 Å². The van der Waals surface area contributed by atoms with Crippen molar-refractivity contribution >= 4 is 17.5 Å². The highest BCUT2D eigenvalue weighted by molar-refractivity contribution is 6.38. The van der Waals surface area contributed by atoms with Gasteiger partial charge in [-0.3, -0.25) is 9.59 Å². The molecule has 0 saturated heterocycles. The summed E-state index contributed by atoms with van der Waals surface area (Å²) >= 11 is 0. The number of esters is 1. The Bertz CT molecular complexity index is 407. The van der Waals surface area contributed by atoms with E-state index in [1.807, 2.05) is 0 Å². The molecule has 0 aromatic heterocycles. The first-order valence-electron chi connectivity index (χ1n) is 5.76. The predicted octanol–water partition coefficient (Wildman–Crippen LogP) is -2.33. The number of Topliss-reactive ketones (excluding diaryl/α,β-unsaturated/α-hetero) is 2. The van der Waals surface area contributed by atoms with Gasteiger partial charge in [-0.25, -0.2) is 4.79 Å². The van der Waals surface area contributed by atoms with Crippen molar-refractivity contribution < 1.29 is 34.4 Å². The van der Waals surface area contributed by atoms with Crippen molar-refractivity contribution in [3.8, 4) is 0 Å². The Labute approximate surface area is 115 Å². The highest BCUT2D eigenvalue weighted by Crippen LogP contribution is 2.06. The molecule has 114 valence electrons. The monoisotopic (exact) mass is 289 g/mol. The Morgan fingerprint density at radius 1 is 1.15 bits per heavy atom. The van der Waals surface area contributed by atoms with E-state index in [9.17, 15) is 29.7 Å². The Morgan fingerprint density at radius 2 is 1.65 bits per heavy atom. The van der Waals surface area contributed by atoms with Gasteiger partial charge in [0.1, 0.15) is 31.0 Å². The van der Waals surface area contributed by atoms with Gasteiger partial charge in [0, 0.05) is 12.5 Å². The number of aliphatic hydroxyl groups is 3. The molecule has 0 bridgehead atoms. The molecule has 0 amide bonds. The van der Waals surface area contributed by atoms with Gasteiger partial charge in [0.2, 0.25) is 5.78 Å². The molecule has 8 nitrogen and oxygen atoms in total. The first-order chi connectivity index (χ1) is 9.09. The number of aliphatic hydroxyl groups excluding tert-OH is 3. The molecule has 0 spiro atoms. The molecular weight excluding hydrogens is 270 g/mol. The van der Waals surface area contributed by atoms with Crippen LogP contribution in [0.5, 0.6) is 0 Å². The van der Waals surface area contributed by atoms with E-state index in [1.54, 1.807) is 0 Å². The topological polar surface area (TPSA) is 147 Å². The van der Waals surface area contributed by atoms with Crippen LogP contribution in [-0.4, -0.2) is 63.8 Å². The third-order valence-electron chi connectivity index (χ3n) is 2.50. The molecule has 4 atom stereocenters. The smallest absolute Gasteiger partial charge is 0.333 e. The first-order valence-corrected chi connectivity index (χ1v) is 5.76. The molecular formula is C12H19NO7. The van der Waals surface area contributed by atoms with E-state index < -0.39 is 48.5 Å². The zero-order valence-corrected chi connectivity index (χ0v) is 11.3. The van der Waals surface area contributed by atoms with Gasteiger partial charge in [-0.15, -0.1) is 0 Å². The van der Waals surface area contributed by atoms with Crippen LogP contribution in [0, 0.1) is 0 Å². The summed E-state index contributed by atoms with van der Waals surface area (Å²) in [7, 11) is 0. The first kappa shape index (κ1) is 18.4. The van der Waals surface area contributed by atoms with Crippen molar-refractivity contribution in [2.45, 2.75) is 38.2 Å². The summed E-state index contributed by atoms with van der Waals surface area (Å²) in [5.74, 6) is -2.75. The van der Waals surface area contributed by atoms with Crippen LogP contribution in [0.4, 0.5) is 0 Å². The molecule has 0 aliphatic heterocycles. The zero-order chi connectivity index (χ0) is 16.0. The van der Waals surface area contributed by atoms with Crippen molar-refractivity contribution in [2.75, 3.05) is 6.61 Å². The maximum absolute atomic E-state index is 11.2. The van der Waals surface area contributed by atoms with E-state index in [-0.39, 0.29) is 5.57 Å². The Balaban J connectivity index is 4.53. The van der Waals surface area contributed by atoms with Crippen molar-refractivity contribution in [3.05, 3.63) is 12.2 Å². The summed E-state index contributed by atoms with van der Waals surface area (Å²) in [4.78, 5) is 33.1. The number of nitrogens with two attached hydrogens (primary N) is 1. The molecule has 20 heavy (non-hydrogen) atoms. The lowest BCUT2D eigenvalue weighted by Crippen LogP contribution is -2.54. The molecule has 5 N–H and O–H groups in total. The molecule has 0 unspecified atom stereocenters. The lowest BCUT2D eigenvalue weighted by molar-refractivity contribution is -0.149. The number of rotatable bonds is 8. The van der Waals surface area contributed by atoms with Crippen LogP contribution in [0.2, 0.25) is 0 Å². The number of hydrogen-bond acceptors (Lipinski definition) is 8. The lowest BCUT2D eigenvalue weighted by Gasteiger charge is -2.25. The molecule has 0 radical (unpaired) electrons. The minimum absolute atomic E-state index is 0.0932. The van der Waals surface area contributed by atoms with Crippen LogP contribution < -0.4 is 5.73 Å². The summed E-state index contributed by atoms with van der Waals surface area (Å²) < 4.78 is 4.57. The fourth-order valence-corrected chi connectivity index (χ4v) is 1.21. The molecule has 8 heteroatoms. The van der Waals surface area contributed by atoms with Crippen molar-refractivity contribution in [3.63, 3.8) is 0 Å². The third-order valence-corrected chi connectivity index (χ3v) is 2.50. The van der Waals surface area contributed by atoms with Crippen LogP contribution in [0.15, 0.2) is 12.2 Å². The van der Waals surface area contributed by atoms with Gasteiger partial charge in [0.05, 0.1) is 0 Å². The van der Waals surface area contributed by atoms with Gasteiger partial charge in [0.15, 0.2) is 5.78 Å². The summed E-state index contributed by atoms with van der Waals surface area (Å²) in [5, 5.41) is 28.7. The maximum Gasteiger partial charge on any atom is 0.333 e. The van der Waals surface area contributed by atoms with Crippen molar-refractivity contribution in [2.24, 2.45) is 5.73 Å². The van der Waals surface area contributed by atoms with Gasteiger partial charge in [-0.1, -0.05) is 6.58 Å². The second-order valence-corrected chi connectivity index (χ2v) is 4.37. The minimum atomic E-state index is -1.87. The minimum Gasteiger partial charge on any atom is -0.459 e. The summed E-state index contributed by atoms with van der Waals surface area (Å²) in [6, 6.07) is -1.67. The highest BCUT2D eigenvalue weighted by Gasteiger charge is 2.35. The fourth-order valence-electron chi connectivity index (χ4n) is 1.21. The van der Waals surface area contributed by atoms with Crippen LogP contribution >= 0.6 is 0 Å². The Hall–Kier alpha value is -1.61. The van der Waals surface area contributed by atoms with Crippen LogP contribution in [0.25, 0.3) is 0 Å². The Kier molecular flexibility index (Phi) is 7.22. The maximum atomic E-state index is 11.2. The van der Waals surface area contributed by atoms with Gasteiger partial charge in [0.25, 0.3) is 0 Å². The lowest BCUT2D eigenvalue weighted by atomic mass is 9.97.